The summed E-state index contributed by atoms with van der Waals surface area (Å²) >= 11 is 0. The highest BCUT2D eigenvalue weighted by Crippen LogP contribution is 2.38. The summed E-state index contributed by atoms with van der Waals surface area (Å²) < 4.78 is 0. The van der Waals surface area contributed by atoms with Crippen molar-refractivity contribution in [2.45, 2.75) is 39.0 Å². The fourth-order valence-electron chi connectivity index (χ4n) is 2.39. The molecule has 2 fully saturated rings. The highest BCUT2D eigenvalue weighted by atomic mass is 16.1. The number of carbonyl (C=O) groups is 1. The van der Waals surface area contributed by atoms with Crippen LogP contribution in [0.15, 0.2) is 0 Å². The standard InChI is InChI=1S/C11H19NO/c1-11(5-7-12-8-6-11)10(13)9-3-2-4-9/h9,12H,2-8H2,1H3. The average molecular weight is 181 g/mol. The van der Waals surface area contributed by atoms with Crippen LogP contribution in [0.1, 0.15) is 39.0 Å². The maximum absolute atomic E-state index is 12.1. The normalized spacial score (nSPS) is 28.1. The van der Waals surface area contributed by atoms with Crippen molar-refractivity contribution >= 4 is 5.78 Å². The van der Waals surface area contributed by atoms with E-state index in [1.807, 2.05) is 0 Å². The number of hydrogen-bond donors (Lipinski definition) is 1. The Kier molecular flexibility index (Phi) is 2.41. The number of rotatable bonds is 2. The first-order chi connectivity index (χ1) is 6.22. The lowest BCUT2D eigenvalue weighted by Gasteiger charge is -2.38. The molecule has 1 saturated heterocycles. The summed E-state index contributed by atoms with van der Waals surface area (Å²) in [7, 11) is 0. The Bertz CT molecular complexity index is 202. The quantitative estimate of drug-likeness (QED) is 0.703. The minimum absolute atomic E-state index is 0.0103. The summed E-state index contributed by atoms with van der Waals surface area (Å²) in [6, 6.07) is 0. The summed E-state index contributed by atoms with van der Waals surface area (Å²) in [4.78, 5) is 12.1. The second kappa shape index (κ2) is 3.41. The van der Waals surface area contributed by atoms with Gasteiger partial charge < -0.3 is 5.32 Å². The average Bonchev–Trinajstić information content (AvgIpc) is 2.02. The van der Waals surface area contributed by atoms with Gasteiger partial charge in [-0.15, -0.1) is 0 Å². The molecule has 13 heavy (non-hydrogen) atoms. The molecule has 1 aliphatic carbocycles. The molecule has 0 spiro atoms. The van der Waals surface area contributed by atoms with Crippen LogP contribution < -0.4 is 5.32 Å². The lowest BCUT2D eigenvalue weighted by atomic mass is 9.67. The number of hydrogen-bond acceptors (Lipinski definition) is 2. The molecule has 0 aromatic heterocycles. The molecule has 0 aromatic rings. The second-order valence-electron chi connectivity index (χ2n) is 4.80. The van der Waals surface area contributed by atoms with E-state index in [9.17, 15) is 4.79 Å². The van der Waals surface area contributed by atoms with Crippen molar-refractivity contribution in [2.24, 2.45) is 11.3 Å². The van der Waals surface area contributed by atoms with Gasteiger partial charge in [-0.1, -0.05) is 13.3 Å². The first kappa shape index (κ1) is 9.20. The third-order valence-corrected chi connectivity index (χ3v) is 3.78. The van der Waals surface area contributed by atoms with Gasteiger partial charge in [0.05, 0.1) is 0 Å². The molecule has 0 aromatic carbocycles. The molecule has 0 bridgehead atoms. The predicted molar refractivity (Wildman–Crippen MR) is 52.6 cm³/mol. The zero-order chi connectivity index (χ0) is 9.31. The third kappa shape index (κ3) is 1.64. The monoisotopic (exact) mass is 181 g/mol. The van der Waals surface area contributed by atoms with Crippen molar-refractivity contribution < 1.29 is 4.79 Å². The van der Waals surface area contributed by atoms with E-state index in [4.69, 9.17) is 0 Å². The summed E-state index contributed by atoms with van der Waals surface area (Å²) in [5, 5.41) is 3.32. The minimum atomic E-state index is 0.0103. The van der Waals surface area contributed by atoms with Crippen LogP contribution in [0.2, 0.25) is 0 Å². The number of piperidine rings is 1. The Balaban J connectivity index is 1.99. The molecule has 1 aliphatic heterocycles. The van der Waals surface area contributed by atoms with Gasteiger partial charge in [-0.25, -0.2) is 0 Å². The Labute approximate surface area is 80.1 Å². The van der Waals surface area contributed by atoms with Gasteiger partial charge >= 0.3 is 0 Å². The van der Waals surface area contributed by atoms with Crippen molar-refractivity contribution in [1.29, 1.82) is 0 Å². The Hall–Kier alpha value is -0.370. The highest BCUT2D eigenvalue weighted by Gasteiger charge is 2.40. The fraction of sp³-hybridized carbons (Fsp3) is 0.909. The van der Waals surface area contributed by atoms with E-state index in [1.54, 1.807) is 0 Å². The first-order valence-corrected chi connectivity index (χ1v) is 5.47. The van der Waals surface area contributed by atoms with E-state index < -0.39 is 0 Å². The second-order valence-corrected chi connectivity index (χ2v) is 4.80. The van der Waals surface area contributed by atoms with Gasteiger partial charge in [-0.05, 0) is 38.8 Å². The molecule has 2 aliphatic rings. The van der Waals surface area contributed by atoms with E-state index in [0.29, 0.717) is 11.7 Å². The Morgan fingerprint density at radius 3 is 2.38 bits per heavy atom. The van der Waals surface area contributed by atoms with Crippen molar-refractivity contribution in [1.82, 2.24) is 5.32 Å². The first-order valence-electron chi connectivity index (χ1n) is 5.47. The van der Waals surface area contributed by atoms with E-state index >= 15 is 0 Å². The van der Waals surface area contributed by atoms with Crippen LogP contribution in [0.4, 0.5) is 0 Å². The molecule has 2 rings (SSSR count). The van der Waals surface area contributed by atoms with E-state index in [1.165, 1.54) is 6.42 Å². The van der Waals surface area contributed by atoms with E-state index in [0.717, 1.165) is 38.8 Å². The van der Waals surface area contributed by atoms with Gasteiger partial charge in [-0.2, -0.15) is 0 Å². The molecule has 0 atom stereocenters. The fourth-order valence-corrected chi connectivity index (χ4v) is 2.39. The Morgan fingerprint density at radius 1 is 1.31 bits per heavy atom. The van der Waals surface area contributed by atoms with Crippen molar-refractivity contribution in [2.75, 3.05) is 13.1 Å². The van der Waals surface area contributed by atoms with E-state index in [-0.39, 0.29) is 5.41 Å². The largest absolute Gasteiger partial charge is 0.317 e. The summed E-state index contributed by atoms with van der Waals surface area (Å²) in [6.45, 7) is 4.21. The molecule has 1 N–H and O–H groups in total. The van der Waals surface area contributed by atoms with Crippen LogP contribution in [0.5, 0.6) is 0 Å². The van der Waals surface area contributed by atoms with Crippen LogP contribution in [-0.2, 0) is 4.79 Å². The van der Waals surface area contributed by atoms with Crippen LogP contribution >= 0.6 is 0 Å². The maximum Gasteiger partial charge on any atom is 0.141 e. The molecule has 0 radical (unpaired) electrons. The van der Waals surface area contributed by atoms with Crippen molar-refractivity contribution in [3.63, 3.8) is 0 Å². The van der Waals surface area contributed by atoms with Crippen LogP contribution in [0.3, 0.4) is 0 Å². The van der Waals surface area contributed by atoms with Crippen molar-refractivity contribution in [3.05, 3.63) is 0 Å². The van der Waals surface area contributed by atoms with Crippen molar-refractivity contribution in [3.8, 4) is 0 Å². The molecule has 1 saturated carbocycles. The van der Waals surface area contributed by atoms with Gasteiger partial charge in [0.2, 0.25) is 0 Å². The molecule has 0 amide bonds. The molecule has 0 unspecified atom stereocenters. The van der Waals surface area contributed by atoms with Crippen LogP contribution in [-0.4, -0.2) is 18.9 Å². The smallest absolute Gasteiger partial charge is 0.141 e. The molecular formula is C11H19NO. The predicted octanol–water partition coefficient (Wildman–Crippen LogP) is 1.75. The zero-order valence-corrected chi connectivity index (χ0v) is 8.44. The lowest BCUT2D eigenvalue weighted by Crippen LogP contribution is -2.44. The number of ketones is 1. The van der Waals surface area contributed by atoms with E-state index in [2.05, 4.69) is 12.2 Å². The highest BCUT2D eigenvalue weighted by molar-refractivity contribution is 5.87. The third-order valence-electron chi connectivity index (χ3n) is 3.78. The molecule has 2 nitrogen and oxygen atoms in total. The SMILES string of the molecule is CC1(C(=O)C2CCC2)CCNCC1. The number of carbonyl (C=O) groups excluding carboxylic acids is 1. The summed E-state index contributed by atoms with van der Waals surface area (Å²) in [5.41, 5.74) is 0.0103. The minimum Gasteiger partial charge on any atom is -0.317 e. The Morgan fingerprint density at radius 2 is 1.92 bits per heavy atom. The molecule has 2 heteroatoms. The zero-order valence-electron chi connectivity index (χ0n) is 8.44. The maximum atomic E-state index is 12.1. The molecule has 74 valence electrons. The summed E-state index contributed by atoms with van der Waals surface area (Å²) in [6.07, 6.45) is 5.67. The van der Waals surface area contributed by atoms with Gasteiger partial charge in [0.25, 0.3) is 0 Å². The van der Waals surface area contributed by atoms with Gasteiger partial charge in [0.15, 0.2) is 0 Å². The summed E-state index contributed by atoms with van der Waals surface area (Å²) in [5.74, 6) is 0.975. The van der Waals surface area contributed by atoms with Crippen LogP contribution in [0, 0.1) is 11.3 Å². The lowest BCUT2D eigenvalue weighted by molar-refractivity contribution is -0.136. The molecule has 1 heterocycles. The topological polar surface area (TPSA) is 29.1 Å². The van der Waals surface area contributed by atoms with Crippen LogP contribution in [0.25, 0.3) is 0 Å². The van der Waals surface area contributed by atoms with Gasteiger partial charge in [0, 0.05) is 11.3 Å². The number of nitrogens with one attached hydrogen (secondary N) is 1. The van der Waals surface area contributed by atoms with Gasteiger partial charge in [-0.3, -0.25) is 4.79 Å². The number of Topliss-reactive ketones (excluding diaryl/α,β-unsaturated/α-hetero) is 1. The molecular weight excluding hydrogens is 162 g/mol. The van der Waals surface area contributed by atoms with Gasteiger partial charge in [0.1, 0.15) is 5.78 Å².